The van der Waals surface area contributed by atoms with E-state index in [1.807, 2.05) is 25.1 Å². The number of aromatic nitrogens is 1. The molecule has 0 amide bonds. The van der Waals surface area contributed by atoms with E-state index in [4.69, 9.17) is 9.84 Å². The van der Waals surface area contributed by atoms with E-state index in [2.05, 4.69) is 18.8 Å². The predicted molar refractivity (Wildman–Crippen MR) is 76.5 cm³/mol. The normalized spacial score (nSPS) is 10.6. The monoisotopic (exact) mass is 271 g/mol. The van der Waals surface area contributed by atoms with E-state index < -0.39 is 5.97 Å². The van der Waals surface area contributed by atoms with Crippen molar-refractivity contribution in [1.82, 2.24) is 4.98 Å². The van der Waals surface area contributed by atoms with Gasteiger partial charge in [0.05, 0.1) is 6.20 Å². The van der Waals surface area contributed by atoms with Crippen LogP contribution in [0.3, 0.4) is 0 Å². The Hall–Kier alpha value is -2.36. The van der Waals surface area contributed by atoms with E-state index >= 15 is 0 Å². The molecule has 0 aliphatic carbocycles. The number of hydrogen-bond donors (Lipinski definition) is 1. The molecule has 2 aromatic rings. The molecule has 0 aliphatic heterocycles. The fourth-order valence-corrected chi connectivity index (χ4v) is 2.06. The zero-order valence-corrected chi connectivity index (χ0v) is 11.8. The molecule has 0 fully saturated rings. The van der Waals surface area contributed by atoms with Crippen molar-refractivity contribution >= 4 is 5.97 Å². The highest BCUT2D eigenvalue weighted by Crippen LogP contribution is 2.26. The Bertz CT molecular complexity index is 618. The van der Waals surface area contributed by atoms with Gasteiger partial charge in [0.25, 0.3) is 0 Å². The van der Waals surface area contributed by atoms with Crippen LogP contribution in [0, 0.1) is 6.92 Å². The minimum atomic E-state index is -1.05. The van der Waals surface area contributed by atoms with Crippen LogP contribution in [0.25, 0.3) is 0 Å². The van der Waals surface area contributed by atoms with Crippen molar-refractivity contribution in [3.63, 3.8) is 0 Å². The molecule has 0 bridgehead atoms. The molecule has 0 spiro atoms. The smallest absolute Gasteiger partial charge is 0.354 e. The lowest BCUT2D eigenvalue weighted by atomic mass is 9.98. The lowest BCUT2D eigenvalue weighted by Gasteiger charge is -2.12. The molecule has 0 radical (unpaired) electrons. The van der Waals surface area contributed by atoms with E-state index in [0.717, 1.165) is 5.75 Å². The van der Waals surface area contributed by atoms with Crippen LogP contribution < -0.4 is 4.74 Å². The fraction of sp³-hybridized carbons (Fsp3) is 0.250. The molecule has 104 valence electrons. The maximum Gasteiger partial charge on any atom is 0.354 e. The molecule has 20 heavy (non-hydrogen) atoms. The lowest BCUT2D eigenvalue weighted by molar-refractivity contribution is 0.0690. The Labute approximate surface area is 118 Å². The quantitative estimate of drug-likeness (QED) is 0.912. The molecule has 0 unspecified atom stereocenters. The zero-order valence-electron chi connectivity index (χ0n) is 11.8. The van der Waals surface area contributed by atoms with Crippen LogP contribution in [0.15, 0.2) is 36.5 Å². The van der Waals surface area contributed by atoms with Gasteiger partial charge in [0.1, 0.15) is 17.2 Å². The summed E-state index contributed by atoms with van der Waals surface area (Å²) in [6, 6.07) is 8.96. The third-order valence-electron chi connectivity index (χ3n) is 3.05. The van der Waals surface area contributed by atoms with E-state index in [1.165, 1.54) is 23.4 Å². The Morgan fingerprint density at radius 3 is 2.40 bits per heavy atom. The predicted octanol–water partition coefficient (Wildman–Crippen LogP) is 4.00. The number of carboxylic acid groups (broad SMARTS) is 1. The Morgan fingerprint density at radius 1 is 1.20 bits per heavy atom. The molecule has 0 saturated carbocycles. The van der Waals surface area contributed by atoms with Crippen molar-refractivity contribution in [2.24, 2.45) is 0 Å². The number of benzene rings is 1. The summed E-state index contributed by atoms with van der Waals surface area (Å²) in [6.07, 6.45) is 1.41. The van der Waals surface area contributed by atoms with Crippen molar-refractivity contribution in [2.45, 2.75) is 26.7 Å². The molecular weight excluding hydrogens is 254 g/mol. The second kappa shape index (κ2) is 5.74. The van der Waals surface area contributed by atoms with Gasteiger partial charge in [0.2, 0.25) is 0 Å². The summed E-state index contributed by atoms with van der Waals surface area (Å²) in [5.74, 6) is 0.665. The van der Waals surface area contributed by atoms with Crippen molar-refractivity contribution in [1.29, 1.82) is 0 Å². The molecule has 0 atom stereocenters. The number of nitrogens with zero attached hydrogens (tertiary/aromatic N) is 1. The highest BCUT2D eigenvalue weighted by atomic mass is 16.5. The Morgan fingerprint density at radius 2 is 1.90 bits per heavy atom. The maximum atomic E-state index is 10.7. The second-order valence-electron chi connectivity index (χ2n) is 4.96. The van der Waals surface area contributed by atoms with Gasteiger partial charge in [-0.3, -0.25) is 0 Å². The van der Waals surface area contributed by atoms with Gasteiger partial charge in [-0.25, -0.2) is 9.78 Å². The average Bonchev–Trinajstić information content (AvgIpc) is 2.39. The zero-order chi connectivity index (χ0) is 14.7. The minimum Gasteiger partial charge on any atom is -0.477 e. The fourth-order valence-electron chi connectivity index (χ4n) is 2.06. The molecular formula is C16H17NO3. The van der Waals surface area contributed by atoms with Gasteiger partial charge in [0, 0.05) is 0 Å². The highest BCUT2D eigenvalue weighted by Gasteiger charge is 2.07. The van der Waals surface area contributed by atoms with Gasteiger partial charge in [-0.1, -0.05) is 19.9 Å². The van der Waals surface area contributed by atoms with Crippen LogP contribution in [0.5, 0.6) is 11.5 Å². The van der Waals surface area contributed by atoms with Crippen LogP contribution in [0.2, 0.25) is 0 Å². The summed E-state index contributed by atoms with van der Waals surface area (Å²) >= 11 is 0. The second-order valence-corrected chi connectivity index (χ2v) is 4.96. The molecule has 4 heteroatoms. The number of rotatable bonds is 4. The molecule has 1 aromatic heterocycles. The first-order chi connectivity index (χ1) is 9.47. The van der Waals surface area contributed by atoms with E-state index in [0.29, 0.717) is 11.7 Å². The van der Waals surface area contributed by atoms with Crippen LogP contribution in [-0.4, -0.2) is 16.1 Å². The Kier molecular flexibility index (Phi) is 4.03. The van der Waals surface area contributed by atoms with E-state index in [9.17, 15) is 4.79 Å². The van der Waals surface area contributed by atoms with Gasteiger partial charge < -0.3 is 9.84 Å². The molecule has 1 heterocycles. The first kappa shape index (κ1) is 14.1. The standard InChI is InChI=1S/C16H17NO3/c1-10(2)14-6-4-12(8-11(14)3)20-13-5-7-15(16(18)19)17-9-13/h4-10H,1-3H3,(H,18,19). The molecule has 2 rings (SSSR count). The minimum absolute atomic E-state index is 0.00341. The van der Waals surface area contributed by atoms with Crippen molar-refractivity contribution in [3.05, 3.63) is 53.3 Å². The van der Waals surface area contributed by atoms with Crippen LogP contribution in [-0.2, 0) is 0 Å². The number of hydrogen-bond acceptors (Lipinski definition) is 3. The molecule has 4 nitrogen and oxygen atoms in total. The highest BCUT2D eigenvalue weighted by molar-refractivity contribution is 5.85. The number of aromatic carboxylic acids is 1. The SMILES string of the molecule is Cc1cc(Oc2ccc(C(=O)O)nc2)ccc1C(C)C. The topological polar surface area (TPSA) is 59.4 Å². The molecule has 0 saturated heterocycles. The summed E-state index contributed by atoms with van der Waals surface area (Å²) in [4.78, 5) is 14.5. The summed E-state index contributed by atoms with van der Waals surface area (Å²) < 4.78 is 5.67. The summed E-state index contributed by atoms with van der Waals surface area (Å²) in [6.45, 7) is 6.35. The Balaban J connectivity index is 2.17. The van der Waals surface area contributed by atoms with Crippen LogP contribution in [0.1, 0.15) is 41.4 Å². The number of ether oxygens (including phenoxy) is 1. The summed E-state index contributed by atoms with van der Waals surface area (Å²) in [5.41, 5.74) is 2.47. The molecule has 1 aromatic carbocycles. The molecule has 1 N–H and O–H groups in total. The van der Waals surface area contributed by atoms with Crippen molar-refractivity contribution in [2.75, 3.05) is 0 Å². The third kappa shape index (κ3) is 3.15. The van der Waals surface area contributed by atoms with Crippen LogP contribution in [0.4, 0.5) is 0 Å². The van der Waals surface area contributed by atoms with Gasteiger partial charge in [-0.2, -0.15) is 0 Å². The number of aryl methyl sites for hydroxylation is 1. The molecule has 0 aliphatic rings. The van der Waals surface area contributed by atoms with Crippen molar-refractivity contribution in [3.8, 4) is 11.5 Å². The maximum absolute atomic E-state index is 10.7. The van der Waals surface area contributed by atoms with Gasteiger partial charge in [0.15, 0.2) is 0 Å². The van der Waals surface area contributed by atoms with Crippen LogP contribution >= 0.6 is 0 Å². The number of carboxylic acids is 1. The van der Waals surface area contributed by atoms with Gasteiger partial charge in [-0.05, 0) is 48.2 Å². The first-order valence-corrected chi connectivity index (χ1v) is 6.45. The third-order valence-corrected chi connectivity index (χ3v) is 3.05. The summed E-state index contributed by atoms with van der Waals surface area (Å²) in [5, 5.41) is 8.78. The lowest BCUT2D eigenvalue weighted by Crippen LogP contribution is -1.99. The average molecular weight is 271 g/mol. The van der Waals surface area contributed by atoms with Gasteiger partial charge in [-0.15, -0.1) is 0 Å². The van der Waals surface area contributed by atoms with Gasteiger partial charge >= 0.3 is 5.97 Å². The van der Waals surface area contributed by atoms with Crippen molar-refractivity contribution < 1.29 is 14.6 Å². The number of pyridine rings is 1. The number of carbonyl (C=O) groups is 1. The first-order valence-electron chi connectivity index (χ1n) is 6.45. The van der Waals surface area contributed by atoms with E-state index in [1.54, 1.807) is 6.07 Å². The summed E-state index contributed by atoms with van der Waals surface area (Å²) in [7, 11) is 0. The largest absolute Gasteiger partial charge is 0.477 e. The van der Waals surface area contributed by atoms with E-state index in [-0.39, 0.29) is 5.69 Å².